The first-order valence-corrected chi connectivity index (χ1v) is 10.0. The molecule has 0 radical (unpaired) electrons. The van der Waals surface area contributed by atoms with Gasteiger partial charge in [-0.25, -0.2) is 4.98 Å². The number of aromatic nitrogens is 1. The molecule has 3 aromatic rings. The van der Waals surface area contributed by atoms with Crippen LogP contribution < -0.4 is 5.32 Å². The van der Waals surface area contributed by atoms with Crippen molar-refractivity contribution in [1.29, 1.82) is 0 Å². The number of fused-ring (bicyclic) bond motifs is 1. The van der Waals surface area contributed by atoms with Crippen molar-refractivity contribution in [3.63, 3.8) is 0 Å². The smallest absolute Gasteiger partial charge is 0.250 e. The molecule has 1 N–H and O–H groups in total. The summed E-state index contributed by atoms with van der Waals surface area (Å²) in [5.41, 5.74) is 4.57. The fraction of sp³-hybridized carbons (Fsp3) is 0.304. The SMILES string of the molecule is CC(C)c1ccc(/C=C/C(=O)Nc2nc3ccc(C(C)(C)C)cc3s2)cc1. The van der Waals surface area contributed by atoms with Crippen molar-refractivity contribution in [2.45, 2.75) is 46.0 Å². The van der Waals surface area contributed by atoms with Gasteiger partial charge >= 0.3 is 0 Å². The second-order valence-corrected chi connectivity index (χ2v) is 9.13. The van der Waals surface area contributed by atoms with Gasteiger partial charge in [0.2, 0.25) is 5.91 Å². The molecule has 3 rings (SSSR count). The molecule has 0 saturated carbocycles. The lowest BCUT2D eigenvalue weighted by Crippen LogP contribution is -2.10. The molecule has 0 saturated heterocycles. The quantitative estimate of drug-likeness (QED) is 0.536. The molecule has 1 heterocycles. The minimum absolute atomic E-state index is 0.0927. The van der Waals surface area contributed by atoms with E-state index in [4.69, 9.17) is 0 Å². The normalized spacial score (nSPS) is 12.2. The van der Waals surface area contributed by atoms with Gasteiger partial charge in [-0.2, -0.15) is 0 Å². The summed E-state index contributed by atoms with van der Waals surface area (Å²) in [6, 6.07) is 14.6. The molecule has 0 aliphatic carbocycles. The summed E-state index contributed by atoms with van der Waals surface area (Å²) in [5.74, 6) is 0.335. The third-order valence-electron chi connectivity index (χ3n) is 4.51. The standard InChI is InChI=1S/C23H26N2OS/c1-15(2)17-9-6-16(7-10-17)8-13-21(26)25-22-24-19-12-11-18(23(3,4)5)14-20(19)27-22/h6-15H,1-5H3,(H,24,25,26)/b13-8+. The van der Waals surface area contributed by atoms with Gasteiger partial charge in [0.15, 0.2) is 5.13 Å². The van der Waals surface area contributed by atoms with E-state index in [1.54, 1.807) is 6.08 Å². The molecule has 0 fully saturated rings. The Labute approximate surface area is 165 Å². The minimum Gasteiger partial charge on any atom is -0.298 e. The lowest BCUT2D eigenvalue weighted by Gasteiger charge is -2.18. The summed E-state index contributed by atoms with van der Waals surface area (Å²) in [6.45, 7) is 10.9. The van der Waals surface area contributed by atoms with Crippen LogP contribution in [0.25, 0.3) is 16.3 Å². The topological polar surface area (TPSA) is 42.0 Å². The van der Waals surface area contributed by atoms with Crippen LogP contribution in [0.3, 0.4) is 0 Å². The first kappa shape index (κ1) is 19.3. The van der Waals surface area contributed by atoms with Crippen LogP contribution in [-0.2, 0) is 10.2 Å². The number of anilines is 1. The lowest BCUT2D eigenvalue weighted by molar-refractivity contribution is -0.111. The number of carbonyl (C=O) groups is 1. The first-order valence-electron chi connectivity index (χ1n) is 9.22. The predicted octanol–water partition coefficient (Wildman–Crippen LogP) is 6.37. The molecule has 0 spiro atoms. The highest BCUT2D eigenvalue weighted by atomic mass is 32.1. The maximum atomic E-state index is 12.2. The summed E-state index contributed by atoms with van der Waals surface area (Å²) in [7, 11) is 0. The summed E-state index contributed by atoms with van der Waals surface area (Å²) in [4.78, 5) is 16.7. The van der Waals surface area contributed by atoms with E-state index in [-0.39, 0.29) is 11.3 Å². The fourth-order valence-corrected chi connectivity index (χ4v) is 3.66. The van der Waals surface area contributed by atoms with E-state index in [2.05, 4.69) is 69.2 Å². The zero-order valence-corrected chi connectivity index (χ0v) is 17.4. The third-order valence-corrected chi connectivity index (χ3v) is 5.45. The van der Waals surface area contributed by atoms with E-state index in [0.29, 0.717) is 11.0 Å². The number of hydrogen-bond acceptors (Lipinski definition) is 3. The number of rotatable bonds is 4. The number of benzene rings is 2. The van der Waals surface area contributed by atoms with Crippen molar-refractivity contribution in [3.05, 3.63) is 65.2 Å². The predicted molar refractivity (Wildman–Crippen MR) is 117 cm³/mol. The Morgan fingerprint density at radius 3 is 2.44 bits per heavy atom. The Hall–Kier alpha value is -2.46. The molecule has 2 aromatic carbocycles. The zero-order valence-electron chi connectivity index (χ0n) is 16.5. The number of nitrogens with zero attached hydrogens (tertiary/aromatic N) is 1. The van der Waals surface area contributed by atoms with E-state index < -0.39 is 0 Å². The molecule has 140 valence electrons. The van der Waals surface area contributed by atoms with E-state index in [9.17, 15) is 4.79 Å². The maximum absolute atomic E-state index is 12.2. The van der Waals surface area contributed by atoms with Crippen LogP contribution >= 0.6 is 11.3 Å². The molecular formula is C23H26N2OS. The third kappa shape index (κ3) is 4.83. The molecule has 0 aliphatic rings. The van der Waals surface area contributed by atoms with Crippen LogP contribution in [0, 0.1) is 0 Å². The van der Waals surface area contributed by atoms with Crippen LogP contribution in [0.5, 0.6) is 0 Å². The van der Waals surface area contributed by atoms with Crippen LogP contribution in [0.1, 0.15) is 57.2 Å². The number of amides is 1. The number of carbonyl (C=O) groups excluding carboxylic acids is 1. The molecule has 1 aromatic heterocycles. The largest absolute Gasteiger partial charge is 0.298 e. The monoisotopic (exact) mass is 378 g/mol. The number of nitrogens with one attached hydrogen (secondary N) is 1. The van der Waals surface area contributed by atoms with Gasteiger partial charge in [0.25, 0.3) is 0 Å². The van der Waals surface area contributed by atoms with Crippen molar-refractivity contribution in [3.8, 4) is 0 Å². The Balaban J connectivity index is 1.70. The molecule has 4 heteroatoms. The molecular weight excluding hydrogens is 352 g/mol. The van der Waals surface area contributed by atoms with Gasteiger partial charge in [0.05, 0.1) is 10.2 Å². The minimum atomic E-state index is -0.168. The van der Waals surface area contributed by atoms with Crippen LogP contribution in [0.15, 0.2) is 48.5 Å². The lowest BCUT2D eigenvalue weighted by atomic mass is 9.87. The molecule has 0 aliphatic heterocycles. The van der Waals surface area contributed by atoms with Crippen molar-refractivity contribution in [2.75, 3.05) is 5.32 Å². The van der Waals surface area contributed by atoms with Crippen LogP contribution in [-0.4, -0.2) is 10.9 Å². The molecule has 0 bridgehead atoms. The molecule has 0 unspecified atom stereocenters. The van der Waals surface area contributed by atoms with Gasteiger partial charge in [-0.05, 0) is 46.2 Å². The highest BCUT2D eigenvalue weighted by Gasteiger charge is 2.15. The molecule has 27 heavy (non-hydrogen) atoms. The second kappa shape index (κ2) is 7.65. The average molecular weight is 379 g/mol. The van der Waals surface area contributed by atoms with Crippen LogP contribution in [0.2, 0.25) is 0 Å². The van der Waals surface area contributed by atoms with E-state index in [1.165, 1.54) is 22.5 Å². The van der Waals surface area contributed by atoms with Crippen LogP contribution in [0.4, 0.5) is 5.13 Å². The Bertz CT molecular complexity index is 976. The average Bonchev–Trinajstić information content (AvgIpc) is 3.00. The van der Waals surface area contributed by atoms with Crippen molar-refractivity contribution in [2.24, 2.45) is 0 Å². The number of hydrogen-bond donors (Lipinski definition) is 1. The van der Waals surface area contributed by atoms with Gasteiger partial charge in [0.1, 0.15) is 0 Å². The Kier molecular flexibility index (Phi) is 5.47. The van der Waals surface area contributed by atoms with Gasteiger partial charge in [-0.1, -0.05) is 76.3 Å². The summed E-state index contributed by atoms with van der Waals surface area (Å²) >= 11 is 1.51. The van der Waals surface area contributed by atoms with E-state index in [1.807, 2.05) is 24.3 Å². The van der Waals surface area contributed by atoms with Gasteiger partial charge in [-0.15, -0.1) is 0 Å². The van der Waals surface area contributed by atoms with Gasteiger partial charge in [0, 0.05) is 6.08 Å². The molecule has 3 nitrogen and oxygen atoms in total. The maximum Gasteiger partial charge on any atom is 0.250 e. The highest BCUT2D eigenvalue weighted by molar-refractivity contribution is 7.22. The molecule has 1 amide bonds. The van der Waals surface area contributed by atoms with Crippen molar-refractivity contribution in [1.82, 2.24) is 4.98 Å². The zero-order chi connectivity index (χ0) is 19.6. The van der Waals surface area contributed by atoms with Gasteiger partial charge < -0.3 is 0 Å². The van der Waals surface area contributed by atoms with Gasteiger partial charge in [-0.3, -0.25) is 10.1 Å². The number of thiazole rings is 1. The van der Waals surface area contributed by atoms with Crippen molar-refractivity contribution < 1.29 is 4.79 Å². The fourth-order valence-electron chi connectivity index (χ4n) is 2.76. The second-order valence-electron chi connectivity index (χ2n) is 8.10. The highest BCUT2D eigenvalue weighted by Crippen LogP contribution is 2.31. The Morgan fingerprint density at radius 1 is 1.11 bits per heavy atom. The van der Waals surface area contributed by atoms with Crippen molar-refractivity contribution >= 4 is 38.7 Å². The Morgan fingerprint density at radius 2 is 1.81 bits per heavy atom. The summed E-state index contributed by atoms with van der Waals surface area (Å²) in [6.07, 6.45) is 3.38. The summed E-state index contributed by atoms with van der Waals surface area (Å²) in [5, 5.41) is 3.50. The first-order chi connectivity index (χ1) is 12.7. The molecule has 0 atom stereocenters. The summed E-state index contributed by atoms with van der Waals surface area (Å²) < 4.78 is 1.09. The van der Waals surface area contributed by atoms with E-state index in [0.717, 1.165) is 15.8 Å². The van der Waals surface area contributed by atoms with E-state index >= 15 is 0 Å².